The molecule has 0 radical (unpaired) electrons. The van der Waals surface area contributed by atoms with Gasteiger partial charge in [0, 0.05) is 18.3 Å². The third-order valence-corrected chi connectivity index (χ3v) is 1.69. The zero-order valence-corrected chi connectivity index (χ0v) is 8.16. The van der Waals surface area contributed by atoms with E-state index < -0.39 is 0 Å². The maximum Gasteiger partial charge on any atom is 0.161 e. The van der Waals surface area contributed by atoms with E-state index in [1.54, 1.807) is 12.1 Å². The van der Waals surface area contributed by atoms with E-state index in [9.17, 15) is 5.11 Å². The predicted molar refractivity (Wildman–Crippen MR) is 54.9 cm³/mol. The molecule has 0 saturated heterocycles. The van der Waals surface area contributed by atoms with Gasteiger partial charge in [0.15, 0.2) is 11.5 Å². The van der Waals surface area contributed by atoms with Gasteiger partial charge in [0.2, 0.25) is 0 Å². The average molecular weight is 197 g/mol. The van der Waals surface area contributed by atoms with Crippen LogP contribution in [0.5, 0.6) is 11.5 Å². The molecule has 0 heterocycles. The van der Waals surface area contributed by atoms with Crippen molar-refractivity contribution >= 4 is 5.69 Å². The Balaban J connectivity index is 2.68. The van der Waals surface area contributed by atoms with Gasteiger partial charge in [-0.15, -0.1) is 0 Å². The summed E-state index contributed by atoms with van der Waals surface area (Å²) in [5.41, 5.74) is 0.848. The van der Waals surface area contributed by atoms with Crippen molar-refractivity contribution in [3.8, 4) is 11.5 Å². The lowest BCUT2D eigenvalue weighted by molar-refractivity contribution is 0.197. The Labute approximate surface area is 83.1 Å². The molecule has 0 saturated carbocycles. The van der Waals surface area contributed by atoms with E-state index in [4.69, 9.17) is 9.84 Å². The van der Waals surface area contributed by atoms with Gasteiger partial charge < -0.3 is 20.3 Å². The molecule has 1 rings (SSSR count). The van der Waals surface area contributed by atoms with E-state index in [0.717, 1.165) is 12.2 Å². The van der Waals surface area contributed by atoms with Gasteiger partial charge in [-0.1, -0.05) is 0 Å². The Bertz CT molecular complexity index is 289. The molecule has 0 aromatic heterocycles. The number of nitrogens with one attached hydrogen (secondary N) is 1. The minimum atomic E-state index is -0.0611. The number of aliphatic hydroxyl groups is 1. The first-order valence-electron chi connectivity index (χ1n) is 4.58. The number of phenols is 1. The fraction of sp³-hybridized carbons (Fsp3) is 0.400. The van der Waals surface area contributed by atoms with Crippen LogP contribution in [0.15, 0.2) is 18.2 Å². The van der Waals surface area contributed by atoms with E-state index >= 15 is 0 Å². The fourth-order valence-corrected chi connectivity index (χ4v) is 1.11. The van der Waals surface area contributed by atoms with Crippen molar-refractivity contribution in [2.45, 2.75) is 6.92 Å². The normalized spacial score (nSPS) is 9.86. The van der Waals surface area contributed by atoms with Crippen LogP contribution < -0.4 is 10.1 Å². The third kappa shape index (κ3) is 2.81. The predicted octanol–water partition coefficient (Wildman–Crippen LogP) is 1.20. The van der Waals surface area contributed by atoms with Gasteiger partial charge in [-0.25, -0.2) is 0 Å². The van der Waals surface area contributed by atoms with Crippen molar-refractivity contribution < 1.29 is 14.9 Å². The van der Waals surface area contributed by atoms with Crippen LogP contribution in [0.4, 0.5) is 5.69 Å². The maximum atomic E-state index is 9.50. The van der Waals surface area contributed by atoms with Gasteiger partial charge in [0.1, 0.15) is 6.61 Å². The number of rotatable bonds is 5. The topological polar surface area (TPSA) is 61.7 Å². The molecule has 0 aliphatic carbocycles. The molecule has 14 heavy (non-hydrogen) atoms. The number of hydrogen-bond donors (Lipinski definition) is 3. The highest BCUT2D eigenvalue weighted by Crippen LogP contribution is 2.28. The van der Waals surface area contributed by atoms with Crippen LogP contribution >= 0.6 is 0 Å². The second-order valence-corrected chi connectivity index (χ2v) is 2.78. The lowest BCUT2D eigenvalue weighted by Crippen LogP contribution is -2.02. The second-order valence-electron chi connectivity index (χ2n) is 2.78. The minimum absolute atomic E-state index is 0.0611. The summed E-state index contributed by atoms with van der Waals surface area (Å²) < 4.78 is 5.09. The number of phenolic OH excluding ortho intramolecular Hbond substituents is 1. The molecule has 78 valence electrons. The van der Waals surface area contributed by atoms with Gasteiger partial charge in [-0.3, -0.25) is 0 Å². The first-order valence-corrected chi connectivity index (χ1v) is 4.58. The molecule has 0 spiro atoms. The number of benzene rings is 1. The second kappa shape index (κ2) is 5.34. The highest BCUT2D eigenvalue weighted by atomic mass is 16.5. The third-order valence-electron chi connectivity index (χ3n) is 1.69. The van der Waals surface area contributed by atoms with Crippen molar-refractivity contribution in [3.05, 3.63) is 18.2 Å². The Morgan fingerprint density at radius 2 is 2.21 bits per heavy atom. The number of hydrogen-bond acceptors (Lipinski definition) is 4. The number of anilines is 1. The summed E-state index contributed by atoms with van der Waals surface area (Å²) in [5.74, 6) is 0.470. The Hall–Kier alpha value is -1.42. The standard InChI is InChI=1S/C10H15NO3/c1-2-11-8-3-4-10(9(13)7-8)14-6-5-12/h3-4,7,11-13H,2,5-6H2,1H3. The van der Waals surface area contributed by atoms with Crippen LogP contribution in [0, 0.1) is 0 Å². The molecule has 1 aromatic carbocycles. The molecule has 0 amide bonds. The summed E-state index contributed by atoms with van der Waals surface area (Å²) in [6.07, 6.45) is 0. The van der Waals surface area contributed by atoms with Crippen LogP contribution in [0.1, 0.15) is 6.92 Å². The number of aliphatic hydroxyl groups excluding tert-OH is 1. The smallest absolute Gasteiger partial charge is 0.161 e. The zero-order valence-electron chi connectivity index (χ0n) is 8.16. The van der Waals surface area contributed by atoms with E-state index in [1.165, 1.54) is 0 Å². The Morgan fingerprint density at radius 3 is 2.79 bits per heavy atom. The Kier molecular flexibility index (Phi) is 4.07. The SMILES string of the molecule is CCNc1ccc(OCCO)c(O)c1. The van der Waals surface area contributed by atoms with E-state index in [-0.39, 0.29) is 19.0 Å². The lowest BCUT2D eigenvalue weighted by Gasteiger charge is -2.08. The molecular formula is C10H15NO3. The van der Waals surface area contributed by atoms with Gasteiger partial charge in [-0.2, -0.15) is 0 Å². The summed E-state index contributed by atoms with van der Waals surface area (Å²) in [6.45, 7) is 2.91. The lowest BCUT2D eigenvalue weighted by atomic mass is 10.3. The van der Waals surface area contributed by atoms with Crippen LogP contribution in [-0.4, -0.2) is 30.0 Å². The van der Waals surface area contributed by atoms with Crippen molar-refractivity contribution in [2.24, 2.45) is 0 Å². The van der Waals surface area contributed by atoms with Crippen molar-refractivity contribution in [1.29, 1.82) is 0 Å². The van der Waals surface area contributed by atoms with Gasteiger partial charge in [0.25, 0.3) is 0 Å². The molecule has 0 atom stereocenters. The maximum absolute atomic E-state index is 9.50. The van der Waals surface area contributed by atoms with Crippen molar-refractivity contribution in [3.63, 3.8) is 0 Å². The number of ether oxygens (including phenoxy) is 1. The summed E-state index contributed by atoms with van der Waals surface area (Å²) in [6, 6.07) is 5.08. The largest absolute Gasteiger partial charge is 0.504 e. The first-order chi connectivity index (χ1) is 6.77. The molecule has 0 aliphatic heterocycles. The van der Waals surface area contributed by atoms with Gasteiger partial charge >= 0.3 is 0 Å². The molecule has 1 aromatic rings. The van der Waals surface area contributed by atoms with E-state index in [2.05, 4.69) is 5.32 Å². The highest BCUT2D eigenvalue weighted by Gasteiger charge is 2.02. The molecule has 3 N–H and O–H groups in total. The molecule has 4 heteroatoms. The first kappa shape index (κ1) is 10.7. The summed E-state index contributed by atoms with van der Waals surface area (Å²) in [7, 11) is 0. The van der Waals surface area contributed by atoms with Gasteiger partial charge in [-0.05, 0) is 19.1 Å². The molecular weight excluding hydrogens is 182 g/mol. The molecule has 4 nitrogen and oxygen atoms in total. The quantitative estimate of drug-likeness (QED) is 0.663. The van der Waals surface area contributed by atoms with Crippen LogP contribution in [0.3, 0.4) is 0 Å². The van der Waals surface area contributed by atoms with E-state index in [1.807, 2.05) is 13.0 Å². The van der Waals surface area contributed by atoms with Gasteiger partial charge in [0.05, 0.1) is 6.61 Å². The summed E-state index contributed by atoms with van der Waals surface area (Å²) >= 11 is 0. The fourth-order valence-electron chi connectivity index (χ4n) is 1.11. The summed E-state index contributed by atoms with van der Waals surface area (Å²) in [4.78, 5) is 0. The highest BCUT2D eigenvalue weighted by molar-refractivity contribution is 5.53. The number of aromatic hydroxyl groups is 1. The Morgan fingerprint density at radius 1 is 1.43 bits per heavy atom. The van der Waals surface area contributed by atoms with Crippen molar-refractivity contribution in [1.82, 2.24) is 0 Å². The summed E-state index contributed by atoms with van der Waals surface area (Å²) in [5, 5.41) is 21.1. The molecule has 0 fully saturated rings. The molecule has 0 bridgehead atoms. The zero-order chi connectivity index (χ0) is 10.4. The average Bonchev–Trinajstić information content (AvgIpc) is 2.17. The van der Waals surface area contributed by atoms with Crippen molar-refractivity contribution in [2.75, 3.05) is 25.1 Å². The molecule has 0 aliphatic rings. The minimum Gasteiger partial charge on any atom is -0.504 e. The van der Waals surface area contributed by atoms with Crippen LogP contribution in [-0.2, 0) is 0 Å². The van der Waals surface area contributed by atoms with Crippen LogP contribution in [0.2, 0.25) is 0 Å². The van der Waals surface area contributed by atoms with Crippen LogP contribution in [0.25, 0.3) is 0 Å². The monoisotopic (exact) mass is 197 g/mol. The van der Waals surface area contributed by atoms with E-state index in [0.29, 0.717) is 5.75 Å². The molecule has 0 unspecified atom stereocenters.